The van der Waals surface area contributed by atoms with Gasteiger partial charge >= 0.3 is 0 Å². The van der Waals surface area contributed by atoms with Gasteiger partial charge in [-0.2, -0.15) is 0 Å². The molecule has 0 radical (unpaired) electrons. The van der Waals surface area contributed by atoms with Gasteiger partial charge in [-0.3, -0.25) is 0 Å². The molecule has 10 heavy (non-hydrogen) atoms. The number of hydrogen-bond donors (Lipinski definition) is 0. The summed E-state index contributed by atoms with van der Waals surface area (Å²) in [5.74, 6) is -0.981. The van der Waals surface area contributed by atoms with Gasteiger partial charge in [-0.25, -0.2) is 8.78 Å². The van der Waals surface area contributed by atoms with E-state index in [9.17, 15) is 8.78 Å². The molecular weight excluding hydrogens is 134 g/mol. The summed E-state index contributed by atoms with van der Waals surface area (Å²) in [6.45, 7) is 1.41. The molecule has 1 rings (SSSR count). The van der Waals surface area contributed by atoms with Gasteiger partial charge in [0.05, 0.1) is 0 Å². The molecule has 0 unspecified atom stereocenters. The van der Waals surface area contributed by atoms with Crippen LogP contribution in [0.2, 0.25) is 0 Å². The van der Waals surface area contributed by atoms with Crippen molar-refractivity contribution in [1.29, 1.82) is 0 Å². The van der Waals surface area contributed by atoms with Crippen LogP contribution in [0.5, 0.6) is 0 Å². The van der Waals surface area contributed by atoms with E-state index in [1.165, 1.54) is 25.1 Å². The zero-order valence-electron chi connectivity index (χ0n) is 4.99. The predicted octanol–water partition coefficient (Wildman–Crippen LogP) is 2.91. The molecule has 0 amide bonds. The maximum atomic E-state index is 12.3. The van der Waals surface area contributed by atoms with Crippen LogP contribution in [0.3, 0.4) is 0 Å². The van der Waals surface area contributed by atoms with Crippen molar-refractivity contribution in [2.45, 2.75) is 14.4 Å². The Morgan fingerprint density at radius 2 is 1.50 bits per heavy atom. The molecule has 1 aromatic rings. The third kappa shape index (κ3) is 1.53. The summed E-state index contributed by atoms with van der Waals surface area (Å²) in [5, 5.41) is 0. The van der Waals surface area contributed by atoms with Crippen LogP contribution >= 0.6 is 0 Å². The Labute approximate surface area is 59.5 Å². The molecule has 0 fully saturated rings. The highest BCUT2D eigenvalue weighted by Crippen LogP contribution is 2.08. The van der Waals surface area contributed by atoms with E-state index in [0.29, 0.717) is 0 Å². The summed E-state index contributed by atoms with van der Waals surface area (Å²) in [6.07, 6.45) is 0. The van der Waals surface area contributed by atoms with Crippen LogP contribution in [0.1, 0.15) is 13.0 Å². The molecule has 1 aromatic carbocycles. The Kier molecular flexibility index (Phi) is 3.00. The first-order valence-corrected chi connectivity index (χ1v) is 2.62. The molecule has 56 valence electrons. The first-order valence-electron chi connectivity index (χ1n) is 2.62. The van der Waals surface area contributed by atoms with Gasteiger partial charge in [0.15, 0.2) is 0 Å². The number of benzene rings is 1. The van der Waals surface area contributed by atoms with Gasteiger partial charge in [0.25, 0.3) is 0 Å². The van der Waals surface area contributed by atoms with Crippen molar-refractivity contribution < 1.29 is 8.78 Å². The second kappa shape index (κ2) is 3.30. The van der Waals surface area contributed by atoms with E-state index in [0.717, 1.165) is 0 Å². The highest BCUT2D eigenvalue weighted by Gasteiger charge is 1.99. The Balaban J connectivity index is 0.000000810. The van der Waals surface area contributed by atoms with Gasteiger partial charge in [-0.05, 0) is 19.1 Å². The molecule has 0 aliphatic carbocycles. The van der Waals surface area contributed by atoms with Crippen LogP contribution in [-0.4, -0.2) is 0 Å². The molecule has 0 aliphatic rings. The first-order chi connectivity index (χ1) is 4.22. The summed E-state index contributed by atoms with van der Waals surface area (Å²) in [4.78, 5) is 0. The van der Waals surface area contributed by atoms with Crippen molar-refractivity contribution in [2.75, 3.05) is 0 Å². The maximum absolute atomic E-state index is 12.3. The van der Waals surface area contributed by atoms with Crippen molar-refractivity contribution in [2.24, 2.45) is 0 Å². The van der Waals surface area contributed by atoms with Crippen LogP contribution in [0.4, 0.5) is 8.78 Å². The molecule has 0 atom stereocenters. The van der Waals surface area contributed by atoms with Gasteiger partial charge in [0, 0.05) is 5.56 Å². The largest absolute Gasteiger partial charge is 0.207 e. The van der Waals surface area contributed by atoms with E-state index in [1.807, 2.05) is 0 Å². The normalized spacial score (nSPS) is 8.70. The van der Waals surface area contributed by atoms with E-state index in [2.05, 4.69) is 0 Å². The van der Waals surface area contributed by atoms with Crippen molar-refractivity contribution >= 4 is 0 Å². The number of halogens is 2. The molecule has 0 aliphatic heterocycles. The summed E-state index contributed by atoms with van der Waals surface area (Å²) in [5.41, 5.74) is 0.0810. The minimum absolute atomic E-state index is 0. The Bertz CT molecular complexity index is 198. The van der Waals surface area contributed by atoms with Crippen molar-refractivity contribution in [1.82, 2.24) is 0 Å². The highest BCUT2D eigenvalue weighted by molar-refractivity contribution is 5.17. The monoisotopic (exact) mass is 144 g/mol. The molecular formula is C8H10F2. The van der Waals surface area contributed by atoms with E-state index in [4.69, 9.17) is 0 Å². The van der Waals surface area contributed by atoms with Crippen LogP contribution in [0, 0.1) is 18.6 Å². The van der Waals surface area contributed by atoms with Crippen LogP contribution in [0.25, 0.3) is 0 Å². The lowest BCUT2D eigenvalue weighted by atomic mass is 10.2. The van der Waals surface area contributed by atoms with Crippen LogP contribution in [-0.2, 0) is 0 Å². The zero-order valence-corrected chi connectivity index (χ0v) is 4.99. The molecule has 2 heteroatoms. The van der Waals surface area contributed by atoms with Crippen molar-refractivity contribution in [3.8, 4) is 0 Å². The maximum Gasteiger partial charge on any atom is 0.129 e. The second-order valence-electron chi connectivity index (χ2n) is 1.85. The quantitative estimate of drug-likeness (QED) is 0.525. The van der Waals surface area contributed by atoms with Gasteiger partial charge in [0.1, 0.15) is 11.6 Å². The fourth-order valence-corrected chi connectivity index (χ4v) is 0.581. The summed E-state index contributed by atoms with van der Waals surface area (Å²) < 4.78 is 24.7. The lowest BCUT2D eigenvalue weighted by molar-refractivity contribution is 0.568. The summed E-state index contributed by atoms with van der Waals surface area (Å²) >= 11 is 0. The van der Waals surface area contributed by atoms with Crippen LogP contribution < -0.4 is 0 Å². The zero-order chi connectivity index (χ0) is 6.85. The molecule has 0 N–H and O–H groups in total. The Morgan fingerprint density at radius 3 is 1.80 bits per heavy atom. The Hall–Kier alpha value is -0.920. The van der Waals surface area contributed by atoms with Crippen LogP contribution in [0.15, 0.2) is 18.2 Å². The molecule has 0 bridgehead atoms. The lowest BCUT2D eigenvalue weighted by Gasteiger charge is -1.94. The van der Waals surface area contributed by atoms with E-state index in [-0.39, 0.29) is 13.0 Å². The smallest absolute Gasteiger partial charge is 0.129 e. The lowest BCUT2D eigenvalue weighted by Crippen LogP contribution is -1.85. The van der Waals surface area contributed by atoms with E-state index in [1.54, 1.807) is 0 Å². The summed E-state index contributed by atoms with van der Waals surface area (Å²) in [6, 6.07) is 3.81. The molecule has 0 saturated carbocycles. The van der Waals surface area contributed by atoms with Gasteiger partial charge < -0.3 is 0 Å². The molecule has 0 heterocycles. The first kappa shape index (κ1) is 9.08. The topological polar surface area (TPSA) is 0 Å². The molecule has 0 saturated heterocycles. The highest BCUT2D eigenvalue weighted by atomic mass is 19.1. The standard InChI is InChI=1S/C7H6F2.CH4/c1-5-6(8)3-2-4-7(5)9;/h2-4H,1H3;1H4. The minimum atomic E-state index is -0.491. The fourth-order valence-electron chi connectivity index (χ4n) is 0.581. The van der Waals surface area contributed by atoms with Gasteiger partial charge in [-0.15, -0.1) is 0 Å². The number of rotatable bonds is 0. The van der Waals surface area contributed by atoms with Gasteiger partial charge in [-0.1, -0.05) is 13.5 Å². The van der Waals surface area contributed by atoms with Crippen molar-refractivity contribution in [3.05, 3.63) is 35.4 Å². The molecule has 0 nitrogen and oxygen atoms in total. The average Bonchev–Trinajstić information content (AvgIpc) is 1.83. The predicted molar refractivity (Wildman–Crippen MR) is 37.8 cm³/mol. The Morgan fingerprint density at radius 1 is 1.10 bits per heavy atom. The SMILES string of the molecule is C.Cc1c(F)cccc1F. The average molecular weight is 144 g/mol. The van der Waals surface area contributed by atoms with Crippen molar-refractivity contribution in [3.63, 3.8) is 0 Å². The third-order valence-corrected chi connectivity index (χ3v) is 1.20. The minimum Gasteiger partial charge on any atom is -0.207 e. The summed E-state index contributed by atoms with van der Waals surface area (Å²) in [7, 11) is 0. The molecule has 0 aromatic heterocycles. The van der Waals surface area contributed by atoms with Gasteiger partial charge in [0.2, 0.25) is 0 Å². The third-order valence-electron chi connectivity index (χ3n) is 1.20. The second-order valence-corrected chi connectivity index (χ2v) is 1.85. The fraction of sp³-hybridized carbons (Fsp3) is 0.250. The number of hydrogen-bond acceptors (Lipinski definition) is 0. The van der Waals surface area contributed by atoms with E-state index >= 15 is 0 Å². The molecule has 0 spiro atoms. The van der Waals surface area contributed by atoms with E-state index < -0.39 is 11.6 Å².